The van der Waals surface area contributed by atoms with Gasteiger partial charge in [0.05, 0.1) is 0 Å². The van der Waals surface area contributed by atoms with Crippen molar-refractivity contribution in [1.82, 2.24) is 15.5 Å². The van der Waals surface area contributed by atoms with Crippen LogP contribution < -0.4 is 10.6 Å². The van der Waals surface area contributed by atoms with Crippen molar-refractivity contribution >= 4 is 17.3 Å². The molecule has 0 bridgehead atoms. The smallest absolute Gasteiger partial charge is 0.166 e. The highest BCUT2D eigenvalue weighted by atomic mass is 32.1. The molecule has 1 aliphatic heterocycles. The van der Waals surface area contributed by atoms with Crippen molar-refractivity contribution < 1.29 is 0 Å². The summed E-state index contributed by atoms with van der Waals surface area (Å²) in [5, 5.41) is 6.89. The maximum absolute atomic E-state index is 5.02. The van der Waals surface area contributed by atoms with Crippen molar-refractivity contribution in [3.63, 3.8) is 0 Å². The van der Waals surface area contributed by atoms with Crippen LogP contribution in [0.5, 0.6) is 0 Å². The van der Waals surface area contributed by atoms with Gasteiger partial charge in [-0.05, 0) is 38.1 Å². The molecule has 1 rings (SSSR count). The molecule has 1 aliphatic rings. The summed E-state index contributed by atoms with van der Waals surface area (Å²) in [5.41, 5.74) is 0. The van der Waals surface area contributed by atoms with Crippen LogP contribution in [0.1, 0.15) is 19.8 Å². The fourth-order valence-electron chi connectivity index (χ4n) is 1.84. The summed E-state index contributed by atoms with van der Waals surface area (Å²) >= 11 is 5.02. The molecule has 1 saturated heterocycles. The number of likely N-dealkylation sites (tertiary alicyclic amines) is 1. The van der Waals surface area contributed by atoms with E-state index >= 15 is 0 Å². The molecule has 2 N–H and O–H groups in total. The summed E-state index contributed by atoms with van der Waals surface area (Å²) in [6.45, 7) is 5.59. The molecule has 76 valence electrons. The zero-order chi connectivity index (χ0) is 9.68. The molecule has 1 unspecified atom stereocenters. The number of likely N-dealkylation sites (N-methyl/N-ethyl adjacent to an activating group) is 1. The van der Waals surface area contributed by atoms with Gasteiger partial charge in [-0.1, -0.05) is 6.92 Å². The van der Waals surface area contributed by atoms with Crippen LogP contribution in [0.4, 0.5) is 0 Å². The molecule has 0 saturated carbocycles. The van der Waals surface area contributed by atoms with E-state index in [1.807, 2.05) is 7.05 Å². The van der Waals surface area contributed by atoms with Crippen LogP contribution >= 0.6 is 12.2 Å². The molecule has 13 heavy (non-hydrogen) atoms. The van der Waals surface area contributed by atoms with Crippen molar-refractivity contribution in [2.75, 3.05) is 26.7 Å². The van der Waals surface area contributed by atoms with Gasteiger partial charge in [-0.3, -0.25) is 4.90 Å². The minimum absolute atomic E-state index is 0.677. The largest absolute Gasteiger partial charge is 0.366 e. The molecule has 4 heteroatoms. The zero-order valence-corrected chi connectivity index (χ0v) is 9.28. The molecule has 0 amide bonds. The van der Waals surface area contributed by atoms with Gasteiger partial charge < -0.3 is 10.6 Å². The summed E-state index contributed by atoms with van der Waals surface area (Å²) in [7, 11) is 1.85. The molecular weight excluding hydrogens is 182 g/mol. The average Bonchev–Trinajstić information content (AvgIpc) is 2.61. The number of thiocarbonyl (C=S) groups is 1. The van der Waals surface area contributed by atoms with Crippen LogP contribution in [0.25, 0.3) is 0 Å². The van der Waals surface area contributed by atoms with E-state index in [9.17, 15) is 0 Å². The van der Waals surface area contributed by atoms with E-state index in [1.165, 1.54) is 19.4 Å². The van der Waals surface area contributed by atoms with E-state index in [1.54, 1.807) is 0 Å². The van der Waals surface area contributed by atoms with Crippen molar-refractivity contribution in [3.8, 4) is 0 Å². The van der Waals surface area contributed by atoms with Crippen molar-refractivity contribution in [1.29, 1.82) is 0 Å². The lowest BCUT2D eigenvalue weighted by Crippen LogP contribution is -2.42. The first-order valence-electron chi connectivity index (χ1n) is 4.97. The van der Waals surface area contributed by atoms with Crippen LogP contribution in [0.15, 0.2) is 0 Å². The molecule has 1 heterocycles. The van der Waals surface area contributed by atoms with Crippen molar-refractivity contribution in [2.45, 2.75) is 25.8 Å². The molecule has 0 spiro atoms. The monoisotopic (exact) mass is 201 g/mol. The fourth-order valence-corrected chi connectivity index (χ4v) is 1.92. The predicted octanol–water partition coefficient (Wildman–Crippen LogP) is 0.565. The molecule has 0 aromatic rings. The highest BCUT2D eigenvalue weighted by Gasteiger charge is 2.22. The van der Waals surface area contributed by atoms with Gasteiger partial charge in [-0.2, -0.15) is 0 Å². The van der Waals surface area contributed by atoms with Crippen LogP contribution in [0.2, 0.25) is 0 Å². The Morgan fingerprint density at radius 3 is 3.00 bits per heavy atom. The van der Waals surface area contributed by atoms with Crippen LogP contribution in [-0.2, 0) is 0 Å². The Morgan fingerprint density at radius 1 is 1.62 bits per heavy atom. The Labute approximate surface area is 85.9 Å². The number of nitrogens with one attached hydrogen (secondary N) is 2. The molecule has 0 aromatic heterocycles. The van der Waals surface area contributed by atoms with E-state index in [-0.39, 0.29) is 0 Å². The number of hydrogen-bond acceptors (Lipinski definition) is 2. The van der Waals surface area contributed by atoms with Crippen molar-refractivity contribution in [3.05, 3.63) is 0 Å². The quantitative estimate of drug-likeness (QED) is 0.653. The third-order valence-corrected chi connectivity index (χ3v) is 2.98. The first-order chi connectivity index (χ1) is 6.27. The van der Waals surface area contributed by atoms with Gasteiger partial charge in [0.1, 0.15) is 0 Å². The van der Waals surface area contributed by atoms with Crippen LogP contribution in [-0.4, -0.2) is 42.7 Å². The molecular formula is C9H19N3S. The highest BCUT2D eigenvalue weighted by molar-refractivity contribution is 7.80. The second kappa shape index (κ2) is 5.40. The lowest BCUT2D eigenvalue weighted by Gasteiger charge is -2.23. The summed E-state index contributed by atoms with van der Waals surface area (Å²) < 4.78 is 0. The van der Waals surface area contributed by atoms with E-state index in [0.717, 1.165) is 18.2 Å². The van der Waals surface area contributed by atoms with Gasteiger partial charge in [0, 0.05) is 19.6 Å². The Hall–Kier alpha value is -0.350. The number of nitrogens with zero attached hydrogens (tertiary/aromatic N) is 1. The average molecular weight is 201 g/mol. The van der Waals surface area contributed by atoms with Gasteiger partial charge in [0.15, 0.2) is 5.11 Å². The van der Waals surface area contributed by atoms with Gasteiger partial charge in [-0.25, -0.2) is 0 Å². The molecule has 1 fully saturated rings. The second-order valence-corrected chi connectivity index (χ2v) is 3.79. The fraction of sp³-hybridized carbons (Fsp3) is 0.889. The van der Waals surface area contributed by atoms with Gasteiger partial charge >= 0.3 is 0 Å². The van der Waals surface area contributed by atoms with E-state index in [4.69, 9.17) is 12.2 Å². The predicted molar refractivity (Wildman–Crippen MR) is 59.9 cm³/mol. The lowest BCUT2D eigenvalue weighted by molar-refractivity contribution is 0.267. The minimum atomic E-state index is 0.677. The Kier molecular flexibility index (Phi) is 4.45. The minimum Gasteiger partial charge on any atom is -0.366 e. The maximum atomic E-state index is 5.02. The zero-order valence-electron chi connectivity index (χ0n) is 8.47. The summed E-state index contributed by atoms with van der Waals surface area (Å²) in [6.07, 6.45) is 2.62. The third kappa shape index (κ3) is 3.12. The third-order valence-electron chi connectivity index (χ3n) is 2.63. The second-order valence-electron chi connectivity index (χ2n) is 3.38. The standard InChI is InChI=1S/C9H19N3S/c1-3-12-6-4-5-8(12)7-11-9(13)10-2/h8H,3-7H2,1-2H3,(H2,10,11,13). The van der Waals surface area contributed by atoms with Gasteiger partial charge in [-0.15, -0.1) is 0 Å². The summed E-state index contributed by atoms with van der Waals surface area (Å²) in [5.74, 6) is 0. The summed E-state index contributed by atoms with van der Waals surface area (Å²) in [6, 6.07) is 0.677. The van der Waals surface area contributed by atoms with Gasteiger partial charge in [0.2, 0.25) is 0 Å². The number of rotatable bonds is 3. The molecule has 3 nitrogen and oxygen atoms in total. The topological polar surface area (TPSA) is 27.3 Å². The first-order valence-corrected chi connectivity index (χ1v) is 5.38. The Morgan fingerprint density at radius 2 is 2.38 bits per heavy atom. The van der Waals surface area contributed by atoms with Crippen LogP contribution in [0.3, 0.4) is 0 Å². The Bertz CT molecular complexity index is 172. The summed E-state index contributed by atoms with van der Waals surface area (Å²) in [4.78, 5) is 2.51. The SMILES string of the molecule is CCN1CCCC1CNC(=S)NC. The highest BCUT2D eigenvalue weighted by Crippen LogP contribution is 2.15. The van der Waals surface area contributed by atoms with Crippen molar-refractivity contribution in [2.24, 2.45) is 0 Å². The van der Waals surface area contributed by atoms with Crippen LogP contribution in [0, 0.1) is 0 Å². The normalized spacial score (nSPS) is 23.1. The maximum Gasteiger partial charge on any atom is 0.166 e. The lowest BCUT2D eigenvalue weighted by atomic mass is 10.2. The van der Waals surface area contributed by atoms with E-state index < -0.39 is 0 Å². The van der Waals surface area contributed by atoms with E-state index in [0.29, 0.717) is 6.04 Å². The first kappa shape index (κ1) is 10.7. The number of hydrogen-bond donors (Lipinski definition) is 2. The molecule has 0 radical (unpaired) electrons. The molecule has 0 aromatic carbocycles. The van der Waals surface area contributed by atoms with Gasteiger partial charge in [0.25, 0.3) is 0 Å². The Balaban J connectivity index is 2.23. The molecule has 0 aliphatic carbocycles. The van der Waals surface area contributed by atoms with E-state index in [2.05, 4.69) is 22.5 Å². The molecule has 1 atom stereocenters.